The van der Waals surface area contributed by atoms with E-state index in [9.17, 15) is 19.2 Å². The first-order valence-electron chi connectivity index (χ1n) is 11.2. The zero-order valence-corrected chi connectivity index (χ0v) is 19.1. The number of H-pyrrole nitrogens is 1. The van der Waals surface area contributed by atoms with E-state index in [0.717, 1.165) is 36.8 Å². The lowest BCUT2D eigenvalue weighted by molar-refractivity contribution is -0.125. The lowest BCUT2D eigenvalue weighted by Crippen LogP contribution is -2.49. The third-order valence-corrected chi connectivity index (χ3v) is 5.91. The number of hydrazine groups is 1. The summed E-state index contributed by atoms with van der Waals surface area (Å²) < 4.78 is 1.30. The van der Waals surface area contributed by atoms with Crippen LogP contribution in [0.3, 0.4) is 0 Å². The second kappa shape index (κ2) is 10.4. The van der Waals surface area contributed by atoms with E-state index < -0.39 is 11.2 Å². The molecule has 1 aliphatic carbocycles. The topological polar surface area (TPSA) is 104 Å². The van der Waals surface area contributed by atoms with Crippen molar-refractivity contribution in [3.8, 4) is 0 Å². The standard InChI is InChI=1S/C24H32N4O4/c1-16-11-17(2)13-20(12-16)23(31)28(15-19-7-5-4-6-8-19)26-21(29)9-10-27-14-18(3)22(30)25-24(27)32/h11-14,19H,4-10,15H2,1-3H3,(H,26,29)(H,25,30,32). The van der Waals surface area contributed by atoms with Gasteiger partial charge in [-0.25, -0.2) is 9.80 Å². The summed E-state index contributed by atoms with van der Waals surface area (Å²) >= 11 is 0. The third-order valence-electron chi connectivity index (χ3n) is 5.91. The number of benzene rings is 1. The van der Waals surface area contributed by atoms with Crippen LogP contribution in [0.4, 0.5) is 0 Å². The van der Waals surface area contributed by atoms with Crippen molar-refractivity contribution in [3.63, 3.8) is 0 Å². The summed E-state index contributed by atoms with van der Waals surface area (Å²) in [5, 5.41) is 1.44. The maximum atomic E-state index is 13.3. The number of rotatable bonds is 6. The number of hydrogen-bond acceptors (Lipinski definition) is 4. The van der Waals surface area contributed by atoms with Crippen LogP contribution < -0.4 is 16.7 Å². The molecule has 3 rings (SSSR count). The molecule has 8 nitrogen and oxygen atoms in total. The molecule has 2 amide bonds. The van der Waals surface area contributed by atoms with Gasteiger partial charge in [0.25, 0.3) is 11.5 Å². The average molecular weight is 441 g/mol. The van der Waals surface area contributed by atoms with Crippen LogP contribution in [-0.4, -0.2) is 32.9 Å². The Balaban J connectivity index is 1.73. The van der Waals surface area contributed by atoms with E-state index in [0.29, 0.717) is 23.6 Å². The van der Waals surface area contributed by atoms with Crippen molar-refractivity contribution in [2.24, 2.45) is 5.92 Å². The fourth-order valence-electron chi connectivity index (χ4n) is 4.27. The highest BCUT2D eigenvalue weighted by Gasteiger charge is 2.24. The Morgan fingerprint density at radius 1 is 1.06 bits per heavy atom. The molecule has 2 aromatic rings. The molecule has 8 heteroatoms. The van der Waals surface area contributed by atoms with Crippen LogP contribution in [0.25, 0.3) is 0 Å². The average Bonchev–Trinajstić information content (AvgIpc) is 2.74. The summed E-state index contributed by atoms with van der Waals surface area (Å²) in [6.45, 7) is 6.06. The number of nitrogens with zero attached hydrogens (tertiary/aromatic N) is 2. The van der Waals surface area contributed by atoms with E-state index in [1.807, 2.05) is 32.0 Å². The molecule has 1 heterocycles. The van der Waals surface area contributed by atoms with Gasteiger partial charge in [-0.05, 0) is 51.7 Å². The highest BCUT2D eigenvalue weighted by molar-refractivity contribution is 5.95. The molecule has 1 aromatic heterocycles. The van der Waals surface area contributed by atoms with Crippen molar-refractivity contribution in [2.75, 3.05) is 6.54 Å². The fraction of sp³-hybridized carbons (Fsp3) is 0.500. The fourth-order valence-corrected chi connectivity index (χ4v) is 4.27. The van der Waals surface area contributed by atoms with E-state index >= 15 is 0 Å². The molecule has 0 atom stereocenters. The summed E-state index contributed by atoms with van der Waals surface area (Å²) in [7, 11) is 0. The Morgan fingerprint density at radius 2 is 1.72 bits per heavy atom. The van der Waals surface area contributed by atoms with Crippen LogP contribution in [0.5, 0.6) is 0 Å². The van der Waals surface area contributed by atoms with Crippen LogP contribution in [0.15, 0.2) is 34.0 Å². The molecule has 0 spiro atoms. The molecule has 1 saturated carbocycles. The minimum absolute atomic E-state index is 0.00663. The number of carbonyl (C=O) groups excluding carboxylic acids is 2. The monoisotopic (exact) mass is 440 g/mol. The van der Waals surface area contributed by atoms with Gasteiger partial charge in [0, 0.05) is 36.8 Å². The first kappa shape index (κ1) is 23.5. The van der Waals surface area contributed by atoms with Crippen molar-refractivity contribution >= 4 is 11.8 Å². The van der Waals surface area contributed by atoms with E-state index in [2.05, 4.69) is 10.4 Å². The molecule has 32 heavy (non-hydrogen) atoms. The molecule has 0 bridgehead atoms. The lowest BCUT2D eigenvalue weighted by atomic mass is 9.89. The molecular formula is C24H32N4O4. The maximum absolute atomic E-state index is 13.3. The summed E-state index contributed by atoms with van der Waals surface area (Å²) in [4.78, 5) is 51.7. The summed E-state index contributed by atoms with van der Waals surface area (Å²) in [5.41, 5.74) is 4.71. The molecule has 0 saturated heterocycles. The van der Waals surface area contributed by atoms with Crippen LogP contribution in [0.1, 0.15) is 65.6 Å². The second-order valence-electron chi connectivity index (χ2n) is 8.85. The molecule has 1 aliphatic rings. The van der Waals surface area contributed by atoms with Gasteiger partial charge in [-0.15, -0.1) is 0 Å². The van der Waals surface area contributed by atoms with Gasteiger partial charge >= 0.3 is 5.69 Å². The number of aryl methyl sites for hydroxylation is 4. The maximum Gasteiger partial charge on any atom is 0.328 e. The van der Waals surface area contributed by atoms with E-state index in [1.54, 1.807) is 6.92 Å². The smallest absolute Gasteiger partial charge is 0.300 e. The van der Waals surface area contributed by atoms with Crippen LogP contribution in [-0.2, 0) is 11.3 Å². The van der Waals surface area contributed by atoms with Gasteiger partial charge < -0.3 is 0 Å². The van der Waals surface area contributed by atoms with Crippen molar-refractivity contribution in [1.82, 2.24) is 20.0 Å². The van der Waals surface area contributed by atoms with Gasteiger partial charge in [-0.3, -0.25) is 29.4 Å². The zero-order valence-electron chi connectivity index (χ0n) is 19.1. The lowest BCUT2D eigenvalue weighted by Gasteiger charge is -2.30. The predicted molar refractivity (Wildman–Crippen MR) is 122 cm³/mol. The Kier molecular flexibility index (Phi) is 7.66. The number of hydrogen-bond donors (Lipinski definition) is 2. The zero-order chi connectivity index (χ0) is 23.3. The Morgan fingerprint density at radius 3 is 2.38 bits per heavy atom. The number of amides is 2. The molecule has 0 aliphatic heterocycles. The number of aromatic amines is 1. The SMILES string of the molecule is Cc1cc(C)cc(C(=O)N(CC2CCCCC2)NC(=O)CCn2cc(C)c(=O)[nH]c2=O)c1. The number of carbonyl (C=O) groups is 2. The molecule has 2 N–H and O–H groups in total. The normalized spacial score (nSPS) is 14.2. The van der Waals surface area contributed by atoms with Crippen LogP contribution in [0.2, 0.25) is 0 Å². The van der Waals surface area contributed by atoms with Crippen molar-refractivity contribution in [3.05, 3.63) is 67.5 Å². The Hall–Kier alpha value is -3.16. The van der Waals surface area contributed by atoms with Crippen molar-refractivity contribution in [2.45, 2.75) is 65.8 Å². The Labute approximate surface area is 187 Å². The van der Waals surface area contributed by atoms with Crippen molar-refractivity contribution < 1.29 is 9.59 Å². The van der Waals surface area contributed by atoms with Gasteiger partial charge in [0.05, 0.1) is 0 Å². The minimum atomic E-state index is -0.557. The highest BCUT2D eigenvalue weighted by Crippen LogP contribution is 2.24. The predicted octanol–water partition coefficient (Wildman–Crippen LogP) is 2.61. The first-order chi connectivity index (χ1) is 15.2. The molecule has 0 radical (unpaired) electrons. The number of nitrogens with one attached hydrogen (secondary N) is 2. The van der Waals surface area contributed by atoms with E-state index in [4.69, 9.17) is 0 Å². The second-order valence-corrected chi connectivity index (χ2v) is 8.85. The van der Waals surface area contributed by atoms with Gasteiger partial charge in [0.15, 0.2) is 0 Å². The highest BCUT2D eigenvalue weighted by atomic mass is 16.2. The van der Waals surface area contributed by atoms with E-state index in [-0.39, 0.29) is 24.8 Å². The third kappa shape index (κ3) is 6.18. The van der Waals surface area contributed by atoms with Crippen LogP contribution in [0, 0.1) is 26.7 Å². The largest absolute Gasteiger partial charge is 0.328 e. The molecule has 172 valence electrons. The summed E-state index contributed by atoms with van der Waals surface area (Å²) in [6, 6.07) is 5.67. The Bertz CT molecular complexity index is 1080. The molecule has 1 aromatic carbocycles. The van der Waals surface area contributed by atoms with Gasteiger partial charge in [-0.2, -0.15) is 0 Å². The quantitative estimate of drug-likeness (QED) is 0.674. The minimum Gasteiger partial charge on any atom is -0.300 e. The van der Waals surface area contributed by atoms with Gasteiger partial charge in [-0.1, -0.05) is 36.5 Å². The molecule has 1 fully saturated rings. The van der Waals surface area contributed by atoms with E-state index in [1.165, 1.54) is 22.2 Å². The van der Waals surface area contributed by atoms with Gasteiger partial charge in [0.2, 0.25) is 5.91 Å². The number of aromatic nitrogens is 2. The molecular weight excluding hydrogens is 408 g/mol. The first-order valence-corrected chi connectivity index (χ1v) is 11.2. The summed E-state index contributed by atoms with van der Waals surface area (Å²) in [6.07, 6.45) is 7.01. The van der Waals surface area contributed by atoms with Gasteiger partial charge in [0.1, 0.15) is 0 Å². The van der Waals surface area contributed by atoms with Crippen molar-refractivity contribution in [1.29, 1.82) is 0 Å². The van der Waals surface area contributed by atoms with Crippen LogP contribution >= 0.6 is 0 Å². The summed E-state index contributed by atoms with van der Waals surface area (Å²) in [5.74, 6) is -0.231. The molecule has 0 unspecified atom stereocenters.